The summed E-state index contributed by atoms with van der Waals surface area (Å²) in [5.41, 5.74) is -0.733. The lowest BCUT2D eigenvalue weighted by Gasteiger charge is -2.37. The van der Waals surface area contributed by atoms with Crippen LogP contribution in [0.2, 0.25) is 0 Å². The van der Waals surface area contributed by atoms with Crippen molar-refractivity contribution in [2.45, 2.75) is 37.4 Å². The Morgan fingerprint density at radius 2 is 2.12 bits per heavy atom. The summed E-state index contributed by atoms with van der Waals surface area (Å²) in [6.07, 6.45) is -4.57. The van der Waals surface area contributed by atoms with E-state index in [0.717, 1.165) is 12.1 Å². The van der Waals surface area contributed by atoms with E-state index >= 15 is 0 Å². The number of nitrogens with one attached hydrogen (secondary N) is 1. The normalized spacial score (nSPS) is 21.0. The van der Waals surface area contributed by atoms with Gasteiger partial charge in [-0.2, -0.15) is 18.3 Å². The topological polar surface area (TPSA) is 86.5 Å². The molecule has 1 fully saturated rings. The summed E-state index contributed by atoms with van der Waals surface area (Å²) in [6.45, 7) is 0.221. The predicted octanol–water partition coefficient (Wildman–Crippen LogP) is 3.46. The van der Waals surface area contributed by atoms with Crippen LogP contribution in [0.15, 0.2) is 39.6 Å². The van der Waals surface area contributed by atoms with E-state index in [9.17, 15) is 27.9 Å². The highest BCUT2D eigenvalue weighted by Crippen LogP contribution is 2.34. The summed E-state index contributed by atoms with van der Waals surface area (Å²) in [5, 5.41) is 11.6. The first-order chi connectivity index (χ1) is 12.2. The van der Waals surface area contributed by atoms with Gasteiger partial charge in [0.05, 0.1) is 5.56 Å². The van der Waals surface area contributed by atoms with Crippen LogP contribution in [0.1, 0.15) is 35.6 Å². The Hall–Kier alpha value is -2.71. The lowest BCUT2D eigenvalue weighted by molar-refractivity contribution is -0.137. The first kappa shape index (κ1) is 18.1. The number of H-pyrrole nitrogens is 1. The van der Waals surface area contributed by atoms with Gasteiger partial charge in [-0.15, -0.1) is 0 Å². The third-order valence-electron chi connectivity index (χ3n) is 4.63. The van der Waals surface area contributed by atoms with E-state index in [-0.39, 0.29) is 24.4 Å². The van der Waals surface area contributed by atoms with Gasteiger partial charge in [0.2, 0.25) is 0 Å². The number of benzene rings is 1. The lowest BCUT2D eigenvalue weighted by Crippen LogP contribution is -2.46. The van der Waals surface area contributed by atoms with E-state index in [0.29, 0.717) is 24.2 Å². The maximum Gasteiger partial charge on any atom is 0.416 e. The quantitative estimate of drug-likeness (QED) is 0.866. The Kier molecular flexibility index (Phi) is 4.80. The number of carbonyl (C=O) groups is 1. The minimum absolute atomic E-state index is 0.154. The van der Waals surface area contributed by atoms with Crippen molar-refractivity contribution >= 4 is 6.09 Å². The Balaban J connectivity index is 1.82. The van der Waals surface area contributed by atoms with Crippen molar-refractivity contribution in [2.24, 2.45) is 0 Å². The molecule has 2 atom stereocenters. The molecule has 2 heterocycles. The zero-order chi connectivity index (χ0) is 18.9. The fourth-order valence-electron chi connectivity index (χ4n) is 3.40. The van der Waals surface area contributed by atoms with Gasteiger partial charge in [0, 0.05) is 24.6 Å². The van der Waals surface area contributed by atoms with E-state index in [1.807, 2.05) is 0 Å². The molecule has 0 aliphatic carbocycles. The van der Waals surface area contributed by atoms with Gasteiger partial charge in [0.1, 0.15) is 5.76 Å². The largest absolute Gasteiger partial charge is 0.465 e. The number of halogens is 3. The van der Waals surface area contributed by atoms with Crippen molar-refractivity contribution in [1.82, 2.24) is 10.1 Å². The zero-order valence-electron chi connectivity index (χ0n) is 13.6. The molecular formula is C17H17F3N2O4. The van der Waals surface area contributed by atoms with Gasteiger partial charge in [-0.05, 0) is 30.9 Å². The molecule has 26 heavy (non-hydrogen) atoms. The highest BCUT2D eigenvalue weighted by molar-refractivity contribution is 5.65. The standard InChI is InChI=1S/C17H17F3N2O4/c18-17(19,20)12-3-1-2-10(6-12)7-13-8-11(4-5-22(13)16(24)25)14-9-15(23)21-26-14/h1-3,6,9,11,13H,4-5,7-8H2,(H,21,23)(H,24,25)/t11-,13-/m1/s1. The van der Waals surface area contributed by atoms with Crippen LogP contribution in [0.4, 0.5) is 18.0 Å². The van der Waals surface area contributed by atoms with Gasteiger partial charge in [-0.3, -0.25) is 4.79 Å². The van der Waals surface area contributed by atoms with Gasteiger partial charge >= 0.3 is 12.3 Å². The van der Waals surface area contributed by atoms with E-state index < -0.39 is 23.9 Å². The second-order valence-corrected chi connectivity index (χ2v) is 6.37. The summed E-state index contributed by atoms with van der Waals surface area (Å²) in [4.78, 5) is 24.0. The highest BCUT2D eigenvalue weighted by atomic mass is 19.4. The molecular weight excluding hydrogens is 353 g/mol. The van der Waals surface area contributed by atoms with Gasteiger partial charge in [0.25, 0.3) is 5.56 Å². The van der Waals surface area contributed by atoms with Crippen LogP contribution < -0.4 is 5.56 Å². The smallest absolute Gasteiger partial charge is 0.416 e. The molecule has 1 amide bonds. The number of likely N-dealkylation sites (tertiary alicyclic amines) is 1. The molecule has 1 aliphatic rings. The highest BCUT2D eigenvalue weighted by Gasteiger charge is 2.35. The van der Waals surface area contributed by atoms with Gasteiger partial charge in [0.15, 0.2) is 0 Å². The molecule has 1 aromatic carbocycles. The molecule has 6 nitrogen and oxygen atoms in total. The molecule has 1 aliphatic heterocycles. The lowest BCUT2D eigenvalue weighted by atomic mass is 9.86. The number of piperidine rings is 1. The number of hydrogen-bond acceptors (Lipinski definition) is 3. The number of aromatic amines is 1. The number of amides is 1. The number of alkyl halides is 3. The monoisotopic (exact) mass is 370 g/mol. The zero-order valence-corrected chi connectivity index (χ0v) is 13.6. The molecule has 0 unspecified atom stereocenters. The van der Waals surface area contributed by atoms with Crippen LogP contribution in [0.3, 0.4) is 0 Å². The van der Waals surface area contributed by atoms with E-state index in [1.165, 1.54) is 17.0 Å². The summed E-state index contributed by atoms with van der Waals surface area (Å²) >= 11 is 0. The number of carboxylic acid groups (broad SMARTS) is 1. The van der Waals surface area contributed by atoms with Crippen LogP contribution in [0.5, 0.6) is 0 Å². The van der Waals surface area contributed by atoms with Gasteiger partial charge in [-0.1, -0.05) is 18.2 Å². The van der Waals surface area contributed by atoms with Crippen molar-refractivity contribution in [1.29, 1.82) is 0 Å². The predicted molar refractivity (Wildman–Crippen MR) is 85.0 cm³/mol. The van der Waals surface area contributed by atoms with Crippen LogP contribution in [0.25, 0.3) is 0 Å². The van der Waals surface area contributed by atoms with Crippen LogP contribution in [-0.4, -0.2) is 33.8 Å². The molecule has 0 radical (unpaired) electrons. The second kappa shape index (κ2) is 6.89. The molecule has 0 saturated carbocycles. The van der Waals surface area contributed by atoms with E-state index in [2.05, 4.69) is 5.16 Å². The van der Waals surface area contributed by atoms with Gasteiger partial charge < -0.3 is 14.5 Å². The molecule has 1 saturated heterocycles. The minimum Gasteiger partial charge on any atom is -0.465 e. The van der Waals surface area contributed by atoms with Crippen LogP contribution >= 0.6 is 0 Å². The number of nitrogens with zero attached hydrogens (tertiary/aromatic N) is 1. The molecule has 2 aromatic rings. The third-order valence-corrected chi connectivity index (χ3v) is 4.63. The summed E-state index contributed by atoms with van der Waals surface area (Å²) < 4.78 is 43.8. The maximum absolute atomic E-state index is 12.9. The number of hydrogen-bond donors (Lipinski definition) is 2. The Morgan fingerprint density at radius 1 is 1.35 bits per heavy atom. The Morgan fingerprint density at radius 3 is 2.73 bits per heavy atom. The minimum atomic E-state index is -4.45. The van der Waals surface area contributed by atoms with E-state index in [1.54, 1.807) is 6.07 Å². The van der Waals surface area contributed by atoms with Crippen LogP contribution in [-0.2, 0) is 12.6 Å². The molecule has 9 heteroatoms. The van der Waals surface area contributed by atoms with Crippen molar-refractivity contribution in [2.75, 3.05) is 6.54 Å². The van der Waals surface area contributed by atoms with Crippen molar-refractivity contribution in [3.63, 3.8) is 0 Å². The molecule has 3 rings (SSSR count). The molecule has 0 bridgehead atoms. The SMILES string of the molecule is O=C(O)N1CC[C@@H](c2cc(=O)[nH]o2)C[C@H]1Cc1cccc(C(F)(F)F)c1. The number of rotatable bonds is 3. The average Bonchev–Trinajstić information content (AvgIpc) is 3.00. The summed E-state index contributed by atoms with van der Waals surface area (Å²) in [6, 6.07) is 5.71. The Bertz CT molecular complexity index is 843. The fraction of sp³-hybridized carbons (Fsp3) is 0.412. The molecule has 1 aromatic heterocycles. The number of aromatic nitrogens is 1. The third kappa shape index (κ3) is 3.92. The second-order valence-electron chi connectivity index (χ2n) is 6.37. The van der Waals surface area contributed by atoms with Crippen molar-refractivity contribution in [3.05, 3.63) is 57.6 Å². The molecule has 2 N–H and O–H groups in total. The first-order valence-electron chi connectivity index (χ1n) is 8.08. The maximum atomic E-state index is 12.9. The first-order valence-corrected chi connectivity index (χ1v) is 8.08. The summed E-state index contributed by atoms with van der Waals surface area (Å²) in [5.74, 6) is 0.273. The Labute approximate surface area is 146 Å². The van der Waals surface area contributed by atoms with Gasteiger partial charge in [-0.25, -0.2) is 4.79 Å². The van der Waals surface area contributed by atoms with Crippen molar-refractivity contribution < 1.29 is 27.6 Å². The fourth-order valence-corrected chi connectivity index (χ4v) is 3.40. The van der Waals surface area contributed by atoms with Crippen molar-refractivity contribution in [3.8, 4) is 0 Å². The molecule has 140 valence electrons. The summed E-state index contributed by atoms with van der Waals surface area (Å²) in [7, 11) is 0. The van der Waals surface area contributed by atoms with Crippen LogP contribution in [0, 0.1) is 0 Å². The average molecular weight is 370 g/mol. The molecule has 0 spiro atoms. The van der Waals surface area contributed by atoms with E-state index in [4.69, 9.17) is 4.52 Å².